The summed E-state index contributed by atoms with van der Waals surface area (Å²) in [6.07, 6.45) is 16.6. The maximum Gasteiger partial charge on any atom is 0.158 e. The van der Waals surface area contributed by atoms with Crippen LogP contribution in [-0.4, -0.2) is 21.4 Å². The molecular weight excluding hydrogens is 324 g/mol. The minimum absolute atomic E-state index is 0.115. The van der Waals surface area contributed by atoms with E-state index in [9.17, 15) is 15.3 Å². The maximum atomic E-state index is 10.2. The predicted octanol–water partition coefficient (Wildman–Crippen LogP) is 5.29. The third-order valence-electron chi connectivity index (χ3n) is 5.10. The molecule has 1 fully saturated rings. The third-order valence-corrected chi connectivity index (χ3v) is 5.10. The number of aromatic hydroxyl groups is 2. The summed E-state index contributed by atoms with van der Waals surface area (Å²) in [6, 6.07) is 4.64. The van der Waals surface area contributed by atoms with E-state index in [2.05, 4.69) is 17.9 Å². The molecule has 3 heteroatoms. The molecule has 142 valence electrons. The Balaban J connectivity index is 1.51. The fourth-order valence-electron chi connectivity index (χ4n) is 3.46. The van der Waals surface area contributed by atoms with E-state index in [1.165, 1.54) is 50.7 Å². The van der Waals surface area contributed by atoms with Crippen LogP contribution in [0.1, 0.15) is 76.2 Å². The van der Waals surface area contributed by atoms with E-state index >= 15 is 0 Å². The van der Waals surface area contributed by atoms with Crippen molar-refractivity contribution in [2.45, 2.75) is 76.7 Å². The molecule has 1 saturated carbocycles. The first kappa shape index (κ1) is 20.4. The fraction of sp³-hybridized carbons (Fsp3) is 0.565. The summed E-state index contributed by atoms with van der Waals surface area (Å²) >= 11 is 0. The summed E-state index contributed by atoms with van der Waals surface area (Å²) in [5.74, 6) is 6.36. The van der Waals surface area contributed by atoms with Crippen molar-refractivity contribution < 1.29 is 15.3 Å². The molecule has 0 bridgehead atoms. The molecule has 1 atom stereocenters. The lowest BCUT2D eigenvalue weighted by molar-refractivity contribution is 0.125. The van der Waals surface area contributed by atoms with Gasteiger partial charge in [-0.3, -0.25) is 0 Å². The Morgan fingerprint density at radius 1 is 1.00 bits per heavy atom. The van der Waals surface area contributed by atoms with Crippen molar-refractivity contribution in [3.05, 3.63) is 35.9 Å². The fourth-order valence-corrected chi connectivity index (χ4v) is 3.46. The van der Waals surface area contributed by atoms with Gasteiger partial charge in [0.05, 0.1) is 6.10 Å². The van der Waals surface area contributed by atoms with Gasteiger partial charge in [0, 0.05) is 12.0 Å². The molecule has 26 heavy (non-hydrogen) atoms. The van der Waals surface area contributed by atoms with Gasteiger partial charge >= 0.3 is 0 Å². The zero-order valence-corrected chi connectivity index (χ0v) is 15.7. The molecule has 1 aromatic carbocycles. The largest absolute Gasteiger partial charge is 0.504 e. The minimum atomic E-state index is -0.245. The summed E-state index contributed by atoms with van der Waals surface area (Å²) < 4.78 is 0. The van der Waals surface area contributed by atoms with Crippen molar-refractivity contribution in [1.82, 2.24) is 0 Å². The van der Waals surface area contributed by atoms with Crippen molar-refractivity contribution in [2.24, 2.45) is 5.92 Å². The number of hydrogen-bond acceptors (Lipinski definition) is 3. The Bertz CT molecular complexity index is 618. The first-order chi connectivity index (χ1) is 12.7. The zero-order valence-electron chi connectivity index (χ0n) is 15.7. The van der Waals surface area contributed by atoms with Crippen molar-refractivity contribution in [3.8, 4) is 23.3 Å². The molecule has 0 saturated heterocycles. The Hall–Kier alpha value is -1.92. The Kier molecular flexibility index (Phi) is 9.14. The van der Waals surface area contributed by atoms with Gasteiger partial charge in [-0.25, -0.2) is 0 Å². The van der Waals surface area contributed by atoms with Gasteiger partial charge in [0.2, 0.25) is 0 Å². The number of phenols is 2. The van der Waals surface area contributed by atoms with Gasteiger partial charge in [-0.05, 0) is 56.2 Å². The SMILES string of the molecule is Oc1ccc(C#CCCCCCC/C=C/C(O)C2CCCCC2)cc1O. The van der Waals surface area contributed by atoms with Crippen LogP contribution in [0.25, 0.3) is 0 Å². The van der Waals surface area contributed by atoms with Crippen LogP contribution in [0, 0.1) is 17.8 Å². The molecule has 0 heterocycles. The second-order valence-electron chi connectivity index (χ2n) is 7.27. The van der Waals surface area contributed by atoms with E-state index < -0.39 is 0 Å². The average molecular weight is 357 g/mol. The van der Waals surface area contributed by atoms with E-state index in [4.69, 9.17) is 0 Å². The Labute approximate surface area is 157 Å². The lowest BCUT2D eigenvalue weighted by Crippen LogP contribution is -2.20. The molecule has 3 nitrogen and oxygen atoms in total. The minimum Gasteiger partial charge on any atom is -0.504 e. The predicted molar refractivity (Wildman–Crippen MR) is 106 cm³/mol. The lowest BCUT2D eigenvalue weighted by atomic mass is 9.85. The Morgan fingerprint density at radius 3 is 2.54 bits per heavy atom. The molecule has 0 aliphatic heterocycles. The second-order valence-corrected chi connectivity index (χ2v) is 7.27. The normalized spacial score (nSPS) is 16.3. The standard InChI is InChI=1S/C23H32O3/c24-21(20-13-9-7-10-14-20)15-11-6-4-2-1-3-5-8-12-19-16-17-22(25)23(26)18-19/h11,15-18,20-21,24-26H,1-7,9-10,13-14H2/b15-11+. The molecule has 1 aromatic rings. The van der Waals surface area contributed by atoms with E-state index in [0.717, 1.165) is 37.7 Å². The highest BCUT2D eigenvalue weighted by atomic mass is 16.3. The third kappa shape index (κ3) is 7.54. The quantitative estimate of drug-likeness (QED) is 0.257. The van der Waals surface area contributed by atoms with E-state index in [1.54, 1.807) is 6.07 Å². The molecular formula is C23H32O3. The molecule has 0 aromatic heterocycles. The van der Waals surface area contributed by atoms with Gasteiger partial charge in [0.15, 0.2) is 11.5 Å². The van der Waals surface area contributed by atoms with Gasteiger partial charge in [-0.2, -0.15) is 0 Å². The molecule has 0 radical (unpaired) electrons. The number of aliphatic hydroxyl groups is 1. The first-order valence-corrected chi connectivity index (χ1v) is 10.0. The molecule has 1 aliphatic rings. The van der Waals surface area contributed by atoms with Gasteiger partial charge < -0.3 is 15.3 Å². The Morgan fingerprint density at radius 2 is 1.77 bits per heavy atom. The van der Waals surface area contributed by atoms with Crippen LogP contribution in [0.4, 0.5) is 0 Å². The van der Waals surface area contributed by atoms with Crippen LogP contribution >= 0.6 is 0 Å². The van der Waals surface area contributed by atoms with Gasteiger partial charge in [-0.1, -0.05) is 56.1 Å². The van der Waals surface area contributed by atoms with E-state index in [-0.39, 0.29) is 17.6 Å². The summed E-state index contributed by atoms with van der Waals surface area (Å²) in [6.45, 7) is 0. The van der Waals surface area contributed by atoms with Crippen molar-refractivity contribution in [1.29, 1.82) is 0 Å². The van der Waals surface area contributed by atoms with E-state index in [1.807, 2.05) is 6.08 Å². The molecule has 3 N–H and O–H groups in total. The molecule has 1 aliphatic carbocycles. The number of rotatable bonds is 8. The summed E-state index contributed by atoms with van der Waals surface area (Å²) in [7, 11) is 0. The number of benzene rings is 1. The van der Waals surface area contributed by atoms with E-state index in [0.29, 0.717) is 5.92 Å². The second kappa shape index (κ2) is 11.6. The highest BCUT2D eigenvalue weighted by Crippen LogP contribution is 2.27. The van der Waals surface area contributed by atoms with Crippen molar-refractivity contribution in [3.63, 3.8) is 0 Å². The van der Waals surface area contributed by atoms with Crippen LogP contribution in [0.5, 0.6) is 11.5 Å². The first-order valence-electron chi connectivity index (χ1n) is 10.0. The smallest absolute Gasteiger partial charge is 0.158 e. The van der Waals surface area contributed by atoms with Crippen LogP contribution < -0.4 is 0 Å². The molecule has 2 rings (SSSR count). The summed E-state index contributed by atoms with van der Waals surface area (Å²) in [4.78, 5) is 0. The monoisotopic (exact) mass is 356 g/mol. The molecule has 1 unspecified atom stereocenters. The highest BCUT2D eigenvalue weighted by Gasteiger charge is 2.19. The number of phenolic OH excluding ortho intramolecular Hbond substituents is 2. The van der Waals surface area contributed by atoms with Gasteiger partial charge in [0.25, 0.3) is 0 Å². The topological polar surface area (TPSA) is 60.7 Å². The number of unbranched alkanes of at least 4 members (excludes halogenated alkanes) is 5. The molecule has 0 spiro atoms. The van der Waals surface area contributed by atoms with Crippen molar-refractivity contribution in [2.75, 3.05) is 0 Å². The number of hydrogen-bond donors (Lipinski definition) is 3. The maximum absolute atomic E-state index is 10.2. The molecule has 0 amide bonds. The average Bonchev–Trinajstić information content (AvgIpc) is 2.66. The summed E-state index contributed by atoms with van der Waals surface area (Å²) in [5.41, 5.74) is 0.724. The highest BCUT2D eigenvalue weighted by molar-refractivity contribution is 5.46. The number of aliphatic hydroxyl groups excluding tert-OH is 1. The van der Waals surface area contributed by atoms with Crippen LogP contribution in [0.3, 0.4) is 0 Å². The van der Waals surface area contributed by atoms with Gasteiger partial charge in [-0.15, -0.1) is 0 Å². The zero-order chi connectivity index (χ0) is 18.6. The number of allylic oxidation sites excluding steroid dienone is 1. The van der Waals surface area contributed by atoms with Gasteiger partial charge in [0.1, 0.15) is 0 Å². The van der Waals surface area contributed by atoms with Crippen molar-refractivity contribution >= 4 is 0 Å². The lowest BCUT2D eigenvalue weighted by Gasteiger charge is -2.24. The van der Waals surface area contributed by atoms with Crippen LogP contribution in [0.15, 0.2) is 30.4 Å². The summed E-state index contributed by atoms with van der Waals surface area (Å²) in [5, 5.41) is 28.8. The van der Waals surface area contributed by atoms with Crippen LogP contribution in [-0.2, 0) is 0 Å². The van der Waals surface area contributed by atoms with Crippen LogP contribution in [0.2, 0.25) is 0 Å².